The number of hydrogen-bond acceptors (Lipinski definition) is 6. The first-order valence-corrected chi connectivity index (χ1v) is 6.95. The van der Waals surface area contributed by atoms with Gasteiger partial charge in [0.1, 0.15) is 30.1 Å². The summed E-state index contributed by atoms with van der Waals surface area (Å²) in [7, 11) is 0. The molecular weight excluding hydrogens is 280 g/mol. The minimum atomic E-state index is -0.727. The number of hydrogen-bond donors (Lipinski definition) is 2. The Morgan fingerprint density at radius 3 is 2.68 bits per heavy atom. The van der Waals surface area contributed by atoms with Crippen molar-refractivity contribution in [3.05, 3.63) is 47.2 Å². The monoisotopic (exact) mass is 298 g/mol. The lowest BCUT2D eigenvalue weighted by Crippen LogP contribution is -2.27. The molecule has 1 aromatic carbocycles. The minimum Gasteiger partial charge on any atom is -0.491 e. The zero-order chi connectivity index (χ0) is 15.9. The number of aryl methyl sites for hydroxylation is 1. The predicted octanol–water partition coefficient (Wildman–Crippen LogP) is 1.82. The Balaban J connectivity index is 1.90. The molecule has 2 N–H and O–H groups in total. The van der Waals surface area contributed by atoms with Crippen molar-refractivity contribution in [3.8, 4) is 11.8 Å². The first-order valence-electron chi connectivity index (χ1n) is 6.95. The van der Waals surface area contributed by atoms with Crippen LogP contribution in [0.15, 0.2) is 30.3 Å². The zero-order valence-electron chi connectivity index (χ0n) is 12.6. The number of benzene rings is 1. The lowest BCUT2D eigenvalue weighted by molar-refractivity contribution is 0.117. The molecular formula is C16H18N4O2. The number of nitrogens with one attached hydrogen (secondary N) is 1. The summed E-state index contributed by atoms with van der Waals surface area (Å²) in [5.74, 6) is 1.08. The van der Waals surface area contributed by atoms with Gasteiger partial charge in [-0.2, -0.15) is 10.4 Å². The van der Waals surface area contributed by atoms with Crippen LogP contribution in [-0.4, -0.2) is 34.6 Å². The smallest absolute Gasteiger partial charge is 0.167 e. The Morgan fingerprint density at radius 1 is 1.27 bits per heavy atom. The van der Waals surface area contributed by atoms with Gasteiger partial charge in [0.05, 0.1) is 5.69 Å². The molecule has 114 valence electrons. The van der Waals surface area contributed by atoms with Gasteiger partial charge in [0.2, 0.25) is 0 Å². The van der Waals surface area contributed by atoms with Crippen LogP contribution in [-0.2, 0) is 0 Å². The van der Waals surface area contributed by atoms with E-state index in [0.717, 1.165) is 11.3 Å². The van der Waals surface area contributed by atoms with E-state index in [0.29, 0.717) is 17.1 Å². The van der Waals surface area contributed by atoms with Gasteiger partial charge in [-0.15, -0.1) is 5.10 Å². The highest BCUT2D eigenvalue weighted by atomic mass is 16.5. The van der Waals surface area contributed by atoms with Crippen LogP contribution in [0.25, 0.3) is 0 Å². The Hall–Kier alpha value is -2.65. The van der Waals surface area contributed by atoms with Gasteiger partial charge in [-0.1, -0.05) is 18.2 Å². The molecule has 6 nitrogen and oxygen atoms in total. The molecule has 1 atom stereocenters. The first kappa shape index (κ1) is 15.7. The second-order valence-electron chi connectivity index (χ2n) is 4.90. The zero-order valence-corrected chi connectivity index (χ0v) is 12.6. The summed E-state index contributed by atoms with van der Waals surface area (Å²) in [5.41, 5.74) is 1.95. The number of aliphatic hydroxyl groups excluding tert-OH is 1. The van der Waals surface area contributed by atoms with Crippen molar-refractivity contribution in [2.45, 2.75) is 20.0 Å². The normalized spacial score (nSPS) is 11.5. The van der Waals surface area contributed by atoms with E-state index < -0.39 is 6.10 Å². The maximum atomic E-state index is 9.94. The number of aliphatic hydroxyl groups is 1. The van der Waals surface area contributed by atoms with Crippen molar-refractivity contribution in [1.82, 2.24) is 10.2 Å². The van der Waals surface area contributed by atoms with Crippen molar-refractivity contribution in [2.75, 3.05) is 18.5 Å². The number of aromatic nitrogens is 2. The van der Waals surface area contributed by atoms with Crippen molar-refractivity contribution in [1.29, 1.82) is 5.26 Å². The minimum absolute atomic E-state index is 0.150. The van der Waals surface area contributed by atoms with Crippen LogP contribution >= 0.6 is 0 Å². The van der Waals surface area contributed by atoms with Crippen LogP contribution < -0.4 is 10.1 Å². The van der Waals surface area contributed by atoms with Crippen molar-refractivity contribution in [3.63, 3.8) is 0 Å². The molecule has 1 heterocycles. The number of nitriles is 1. The standard InChI is InChI=1S/C16H18N4O2/c1-11-12(2)19-20-16(15(11)8-17)18-9-13(21)10-22-14-6-4-3-5-7-14/h3-7,13,21H,9-10H2,1-2H3,(H,18,20)/t13-/m1/s1. The third-order valence-corrected chi connectivity index (χ3v) is 3.26. The van der Waals surface area contributed by atoms with Crippen molar-refractivity contribution < 1.29 is 9.84 Å². The van der Waals surface area contributed by atoms with Gasteiger partial charge >= 0.3 is 0 Å². The summed E-state index contributed by atoms with van der Waals surface area (Å²) in [6.07, 6.45) is -0.727. The molecule has 1 aromatic heterocycles. The van der Waals surface area contributed by atoms with Crippen LogP contribution in [0.2, 0.25) is 0 Å². The largest absolute Gasteiger partial charge is 0.491 e. The molecule has 0 saturated carbocycles. The topological polar surface area (TPSA) is 91.1 Å². The summed E-state index contributed by atoms with van der Waals surface area (Å²) < 4.78 is 5.46. The van der Waals surface area contributed by atoms with E-state index in [1.807, 2.05) is 37.3 Å². The Kier molecular flexibility index (Phi) is 5.28. The molecule has 0 aliphatic rings. The third kappa shape index (κ3) is 3.93. The number of anilines is 1. The van der Waals surface area contributed by atoms with E-state index in [4.69, 9.17) is 4.74 Å². The van der Waals surface area contributed by atoms with Gasteiger partial charge in [0, 0.05) is 6.54 Å². The quantitative estimate of drug-likeness (QED) is 0.845. The average molecular weight is 298 g/mol. The average Bonchev–Trinajstić information content (AvgIpc) is 2.55. The molecule has 0 bridgehead atoms. The second-order valence-corrected chi connectivity index (χ2v) is 4.90. The summed E-state index contributed by atoms with van der Waals surface area (Å²) in [6, 6.07) is 11.4. The summed E-state index contributed by atoms with van der Waals surface area (Å²) in [5, 5.41) is 30.0. The molecule has 22 heavy (non-hydrogen) atoms. The van der Waals surface area contributed by atoms with Gasteiger partial charge in [0.15, 0.2) is 5.82 Å². The van der Waals surface area contributed by atoms with Crippen molar-refractivity contribution in [2.24, 2.45) is 0 Å². The molecule has 0 aliphatic heterocycles. The van der Waals surface area contributed by atoms with E-state index in [-0.39, 0.29) is 13.2 Å². The molecule has 0 unspecified atom stereocenters. The molecule has 0 saturated heterocycles. The number of nitrogens with zero attached hydrogens (tertiary/aromatic N) is 3. The molecule has 2 rings (SSSR count). The number of para-hydroxylation sites is 1. The molecule has 0 fully saturated rings. The molecule has 0 amide bonds. The molecule has 6 heteroatoms. The van der Waals surface area contributed by atoms with Gasteiger partial charge in [-0.05, 0) is 31.5 Å². The van der Waals surface area contributed by atoms with Crippen LogP contribution in [0.3, 0.4) is 0 Å². The maximum absolute atomic E-state index is 9.94. The lowest BCUT2D eigenvalue weighted by atomic mass is 10.1. The highest BCUT2D eigenvalue weighted by Crippen LogP contribution is 2.17. The van der Waals surface area contributed by atoms with Crippen LogP contribution in [0.5, 0.6) is 5.75 Å². The van der Waals surface area contributed by atoms with Gasteiger partial charge in [-0.3, -0.25) is 0 Å². The number of rotatable bonds is 6. The fourth-order valence-corrected chi connectivity index (χ4v) is 1.85. The molecule has 0 radical (unpaired) electrons. The fraction of sp³-hybridized carbons (Fsp3) is 0.312. The maximum Gasteiger partial charge on any atom is 0.167 e. The van der Waals surface area contributed by atoms with E-state index in [1.54, 1.807) is 6.92 Å². The molecule has 0 spiro atoms. The Bertz CT molecular complexity index is 668. The first-order chi connectivity index (χ1) is 10.6. The highest BCUT2D eigenvalue weighted by Gasteiger charge is 2.12. The lowest BCUT2D eigenvalue weighted by Gasteiger charge is -2.14. The second kappa shape index (κ2) is 7.38. The van der Waals surface area contributed by atoms with Crippen molar-refractivity contribution >= 4 is 5.82 Å². The van der Waals surface area contributed by atoms with E-state index in [9.17, 15) is 10.4 Å². The summed E-state index contributed by atoms with van der Waals surface area (Å²) in [4.78, 5) is 0. The predicted molar refractivity (Wildman–Crippen MR) is 82.7 cm³/mol. The summed E-state index contributed by atoms with van der Waals surface area (Å²) in [6.45, 7) is 3.99. The van der Waals surface area contributed by atoms with E-state index in [2.05, 4.69) is 21.6 Å². The SMILES string of the molecule is Cc1nnc(NC[C@@H](O)COc2ccccc2)c(C#N)c1C. The number of ether oxygens (including phenoxy) is 1. The third-order valence-electron chi connectivity index (χ3n) is 3.26. The Morgan fingerprint density at radius 2 is 2.00 bits per heavy atom. The molecule has 0 aliphatic carbocycles. The van der Waals surface area contributed by atoms with Gasteiger partial charge in [-0.25, -0.2) is 0 Å². The van der Waals surface area contributed by atoms with Gasteiger partial charge < -0.3 is 15.2 Å². The molecule has 2 aromatic rings. The summed E-state index contributed by atoms with van der Waals surface area (Å²) >= 11 is 0. The van der Waals surface area contributed by atoms with E-state index in [1.165, 1.54) is 0 Å². The van der Waals surface area contributed by atoms with Crippen LogP contribution in [0.4, 0.5) is 5.82 Å². The van der Waals surface area contributed by atoms with E-state index >= 15 is 0 Å². The van der Waals surface area contributed by atoms with Gasteiger partial charge in [0.25, 0.3) is 0 Å². The van der Waals surface area contributed by atoms with Crippen LogP contribution in [0, 0.1) is 25.2 Å². The highest BCUT2D eigenvalue weighted by molar-refractivity contribution is 5.55. The fourth-order valence-electron chi connectivity index (χ4n) is 1.85. The van der Waals surface area contributed by atoms with Crippen LogP contribution in [0.1, 0.15) is 16.8 Å². The Labute approximate surface area is 129 Å².